The van der Waals surface area contributed by atoms with Gasteiger partial charge in [0, 0.05) is 25.1 Å². The molecular formula is C23H25N3O2S. The highest BCUT2D eigenvalue weighted by atomic mass is 32.1. The van der Waals surface area contributed by atoms with Crippen LogP contribution in [0.25, 0.3) is 10.2 Å². The SMILES string of the molecule is CCCC(=O)N1CCCC1C(=O)Nc1ccc(Cc2nc3ccccc3s2)cc1. The number of nitrogens with one attached hydrogen (secondary N) is 1. The number of fused-ring (bicyclic) bond motifs is 1. The minimum Gasteiger partial charge on any atom is -0.331 e. The van der Waals surface area contributed by atoms with Gasteiger partial charge in [-0.05, 0) is 49.1 Å². The van der Waals surface area contributed by atoms with Crippen LogP contribution in [0.2, 0.25) is 0 Å². The van der Waals surface area contributed by atoms with Crippen molar-refractivity contribution in [2.75, 3.05) is 11.9 Å². The first kappa shape index (κ1) is 19.6. The number of carbonyl (C=O) groups excluding carboxylic acids is 2. The number of rotatable bonds is 6. The number of aromatic nitrogens is 1. The predicted molar refractivity (Wildman–Crippen MR) is 117 cm³/mol. The van der Waals surface area contributed by atoms with Gasteiger partial charge < -0.3 is 10.2 Å². The Hall–Kier alpha value is -2.73. The van der Waals surface area contributed by atoms with Crippen LogP contribution in [-0.2, 0) is 16.0 Å². The van der Waals surface area contributed by atoms with Gasteiger partial charge in [0.1, 0.15) is 6.04 Å². The van der Waals surface area contributed by atoms with E-state index in [0.717, 1.165) is 47.5 Å². The maximum Gasteiger partial charge on any atom is 0.247 e. The van der Waals surface area contributed by atoms with Crippen LogP contribution in [0.3, 0.4) is 0 Å². The zero-order valence-corrected chi connectivity index (χ0v) is 17.4. The number of hydrogen-bond acceptors (Lipinski definition) is 4. The molecule has 1 fully saturated rings. The van der Waals surface area contributed by atoms with E-state index in [1.165, 1.54) is 4.70 Å². The summed E-state index contributed by atoms with van der Waals surface area (Å²) in [5.74, 6) is -0.0118. The summed E-state index contributed by atoms with van der Waals surface area (Å²) in [6, 6.07) is 15.7. The molecule has 1 aliphatic heterocycles. The normalized spacial score (nSPS) is 16.3. The fourth-order valence-corrected chi connectivity index (χ4v) is 4.80. The van der Waals surface area contributed by atoms with Gasteiger partial charge in [0.2, 0.25) is 11.8 Å². The maximum atomic E-state index is 12.7. The lowest BCUT2D eigenvalue weighted by Crippen LogP contribution is -2.43. The van der Waals surface area contributed by atoms with Gasteiger partial charge in [-0.25, -0.2) is 4.98 Å². The van der Waals surface area contributed by atoms with E-state index >= 15 is 0 Å². The maximum absolute atomic E-state index is 12.7. The Kier molecular flexibility index (Phi) is 5.90. The van der Waals surface area contributed by atoms with Crippen LogP contribution < -0.4 is 5.32 Å². The lowest BCUT2D eigenvalue weighted by molar-refractivity contribution is -0.136. The van der Waals surface area contributed by atoms with Crippen molar-refractivity contribution in [3.8, 4) is 0 Å². The van der Waals surface area contributed by atoms with Gasteiger partial charge >= 0.3 is 0 Å². The van der Waals surface area contributed by atoms with E-state index < -0.39 is 0 Å². The first-order valence-electron chi connectivity index (χ1n) is 10.2. The molecule has 1 unspecified atom stereocenters. The van der Waals surface area contributed by atoms with Crippen LogP contribution in [0.1, 0.15) is 43.2 Å². The van der Waals surface area contributed by atoms with Crippen molar-refractivity contribution in [1.82, 2.24) is 9.88 Å². The quantitative estimate of drug-likeness (QED) is 0.649. The molecule has 0 saturated carbocycles. The minimum absolute atomic E-state index is 0.0799. The average molecular weight is 408 g/mol. The largest absolute Gasteiger partial charge is 0.331 e. The molecule has 1 atom stereocenters. The summed E-state index contributed by atoms with van der Waals surface area (Å²) < 4.78 is 1.20. The van der Waals surface area contributed by atoms with E-state index in [-0.39, 0.29) is 17.9 Å². The molecule has 3 aromatic rings. The number of hydrogen-bond donors (Lipinski definition) is 1. The van der Waals surface area contributed by atoms with Crippen molar-refractivity contribution in [3.05, 3.63) is 59.1 Å². The highest BCUT2D eigenvalue weighted by Crippen LogP contribution is 2.25. The average Bonchev–Trinajstić information content (AvgIpc) is 3.36. The first-order valence-corrected chi connectivity index (χ1v) is 11.0. The second-order valence-electron chi connectivity index (χ2n) is 7.43. The molecule has 0 aliphatic carbocycles. The Balaban J connectivity index is 1.38. The van der Waals surface area contributed by atoms with Crippen LogP contribution in [0.5, 0.6) is 0 Å². The van der Waals surface area contributed by atoms with Crippen molar-refractivity contribution >= 4 is 39.1 Å². The van der Waals surface area contributed by atoms with Crippen LogP contribution in [0.4, 0.5) is 5.69 Å². The number of anilines is 1. The number of carbonyl (C=O) groups is 2. The molecule has 1 aliphatic rings. The van der Waals surface area contributed by atoms with E-state index in [4.69, 9.17) is 0 Å². The predicted octanol–water partition coefficient (Wildman–Crippen LogP) is 4.62. The molecule has 2 amide bonds. The summed E-state index contributed by atoms with van der Waals surface area (Å²) in [5, 5.41) is 4.06. The van der Waals surface area contributed by atoms with Crippen LogP contribution in [0, 0.1) is 0 Å². The first-order chi connectivity index (χ1) is 14.1. The van der Waals surface area contributed by atoms with E-state index in [2.05, 4.69) is 16.4 Å². The van der Waals surface area contributed by atoms with E-state index in [1.54, 1.807) is 16.2 Å². The van der Waals surface area contributed by atoms with Gasteiger partial charge in [0.05, 0.1) is 15.2 Å². The highest BCUT2D eigenvalue weighted by molar-refractivity contribution is 7.18. The van der Waals surface area contributed by atoms with Crippen molar-refractivity contribution in [2.24, 2.45) is 0 Å². The molecule has 5 nitrogen and oxygen atoms in total. The highest BCUT2D eigenvalue weighted by Gasteiger charge is 2.33. The van der Waals surface area contributed by atoms with Crippen LogP contribution in [0.15, 0.2) is 48.5 Å². The molecule has 2 heterocycles. The molecule has 1 aromatic heterocycles. The van der Waals surface area contributed by atoms with E-state index in [9.17, 15) is 9.59 Å². The third-order valence-electron chi connectivity index (χ3n) is 5.25. The van der Waals surface area contributed by atoms with Crippen molar-refractivity contribution in [1.29, 1.82) is 0 Å². The summed E-state index contributed by atoms with van der Waals surface area (Å²) in [4.78, 5) is 31.4. The number of benzene rings is 2. The Morgan fingerprint density at radius 2 is 1.97 bits per heavy atom. The number of para-hydroxylation sites is 1. The zero-order valence-electron chi connectivity index (χ0n) is 16.6. The minimum atomic E-state index is -0.350. The van der Waals surface area contributed by atoms with Crippen LogP contribution in [-0.4, -0.2) is 34.3 Å². The Bertz CT molecular complexity index is 979. The fraction of sp³-hybridized carbons (Fsp3) is 0.348. The zero-order chi connectivity index (χ0) is 20.2. The number of thiazole rings is 1. The second-order valence-corrected chi connectivity index (χ2v) is 8.55. The van der Waals surface area contributed by atoms with Crippen molar-refractivity contribution in [3.63, 3.8) is 0 Å². The third-order valence-corrected chi connectivity index (χ3v) is 6.29. The third kappa shape index (κ3) is 4.48. The lowest BCUT2D eigenvalue weighted by atomic mass is 10.1. The number of nitrogens with zero attached hydrogens (tertiary/aromatic N) is 2. The monoisotopic (exact) mass is 407 g/mol. The van der Waals surface area contributed by atoms with Crippen molar-refractivity contribution < 1.29 is 9.59 Å². The number of likely N-dealkylation sites (tertiary alicyclic amines) is 1. The molecule has 4 rings (SSSR count). The topological polar surface area (TPSA) is 62.3 Å². The van der Waals surface area contributed by atoms with E-state index in [0.29, 0.717) is 13.0 Å². The molecule has 0 radical (unpaired) electrons. The van der Waals surface area contributed by atoms with Gasteiger partial charge in [0.25, 0.3) is 0 Å². The smallest absolute Gasteiger partial charge is 0.247 e. The van der Waals surface area contributed by atoms with Gasteiger partial charge in [0.15, 0.2) is 0 Å². The lowest BCUT2D eigenvalue weighted by Gasteiger charge is -2.24. The molecule has 0 bridgehead atoms. The Morgan fingerprint density at radius 1 is 1.17 bits per heavy atom. The molecule has 0 spiro atoms. The summed E-state index contributed by atoms with van der Waals surface area (Å²) in [6.07, 6.45) is 3.70. The molecule has 1 saturated heterocycles. The number of amides is 2. The molecule has 1 N–H and O–H groups in total. The van der Waals surface area contributed by atoms with Crippen molar-refractivity contribution in [2.45, 2.75) is 45.1 Å². The molecule has 2 aromatic carbocycles. The van der Waals surface area contributed by atoms with Gasteiger partial charge in [-0.2, -0.15) is 0 Å². The summed E-state index contributed by atoms with van der Waals surface area (Å²) in [5.41, 5.74) is 2.95. The Labute approximate surface area is 174 Å². The molecule has 29 heavy (non-hydrogen) atoms. The summed E-state index contributed by atoms with van der Waals surface area (Å²) in [7, 11) is 0. The van der Waals surface area contributed by atoms with E-state index in [1.807, 2.05) is 49.4 Å². The van der Waals surface area contributed by atoms with Gasteiger partial charge in [-0.15, -0.1) is 11.3 Å². The molecule has 6 heteroatoms. The Morgan fingerprint density at radius 3 is 2.72 bits per heavy atom. The van der Waals surface area contributed by atoms with Crippen LogP contribution >= 0.6 is 11.3 Å². The molecular weight excluding hydrogens is 382 g/mol. The van der Waals surface area contributed by atoms with Gasteiger partial charge in [-0.3, -0.25) is 9.59 Å². The second kappa shape index (κ2) is 8.74. The molecule has 150 valence electrons. The van der Waals surface area contributed by atoms with Gasteiger partial charge in [-0.1, -0.05) is 31.2 Å². The summed E-state index contributed by atoms with van der Waals surface area (Å²) in [6.45, 7) is 2.66. The standard InChI is InChI=1S/C23H25N3O2S/c1-2-6-22(27)26-14-5-8-19(26)23(28)24-17-12-10-16(11-13-17)15-21-25-18-7-3-4-9-20(18)29-21/h3-4,7,9-13,19H,2,5-6,8,14-15H2,1H3,(H,24,28). The fourth-order valence-electron chi connectivity index (χ4n) is 3.80. The summed E-state index contributed by atoms with van der Waals surface area (Å²) >= 11 is 1.71.